The lowest BCUT2D eigenvalue weighted by Gasteiger charge is -2.35. The van der Waals surface area contributed by atoms with Gasteiger partial charge in [0, 0.05) is 38.2 Å². The summed E-state index contributed by atoms with van der Waals surface area (Å²) in [7, 11) is 0. The average Bonchev–Trinajstić information content (AvgIpc) is 3.43. The van der Waals surface area contributed by atoms with Crippen molar-refractivity contribution in [3.05, 3.63) is 50.0 Å². The van der Waals surface area contributed by atoms with Crippen molar-refractivity contribution in [2.24, 2.45) is 0 Å². The number of carbonyl (C=O) groups excluding carboxylic acids is 1. The second kappa shape index (κ2) is 7.29. The molecule has 1 aromatic heterocycles. The van der Waals surface area contributed by atoms with Crippen molar-refractivity contribution < 1.29 is 22.9 Å². The van der Waals surface area contributed by atoms with Crippen molar-refractivity contribution in [1.29, 1.82) is 0 Å². The molecule has 154 valence electrons. The Morgan fingerprint density at radius 1 is 1.21 bits per heavy atom. The van der Waals surface area contributed by atoms with E-state index < -0.39 is 22.4 Å². The van der Waals surface area contributed by atoms with Gasteiger partial charge in [0.05, 0.1) is 21.7 Å². The van der Waals surface area contributed by atoms with Crippen LogP contribution in [0.2, 0.25) is 0 Å². The van der Waals surface area contributed by atoms with Crippen LogP contribution in [0, 0.1) is 10.1 Å². The largest absolute Gasteiger partial charge is 0.416 e. The SMILES string of the molecule is O=C(c1cnc(C2CC2)s1)N1CCN(c2ccc(C(F)(F)F)cc2[N+](=O)[O-])CC1. The summed E-state index contributed by atoms with van der Waals surface area (Å²) >= 11 is 1.40. The highest BCUT2D eigenvalue weighted by Gasteiger charge is 2.35. The fraction of sp³-hybridized carbons (Fsp3) is 0.444. The molecule has 1 aliphatic heterocycles. The van der Waals surface area contributed by atoms with E-state index in [4.69, 9.17) is 0 Å². The maximum atomic E-state index is 12.9. The first kappa shape index (κ1) is 19.6. The van der Waals surface area contributed by atoms with Crippen LogP contribution in [0.1, 0.15) is 39.0 Å². The fourth-order valence-corrected chi connectivity index (χ4v) is 4.38. The normalized spacial score (nSPS) is 17.5. The Hall–Kier alpha value is -2.69. The second-order valence-electron chi connectivity index (χ2n) is 7.07. The monoisotopic (exact) mass is 426 g/mol. The topological polar surface area (TPSA) is 79.6 Å². The van der Waals surface area contributed by atoms with Gasteiger partial charge in [-0.25, -0.2) is 4.98 Å². The molecule has 1 saturated carbocycles. The third-order valence-corrected chi connectivity index (χ3v) is 6.22. The van der Waals surface area contributed by atoms with Crippen LogP contribution in [-0.4, -0.2) is 46.9 Å². The van der Waals surface area contributed by atoms with E-state index in [9.17, 15) is 28.1 Å². The molecule has 1 aliphatic carbocycles. The van der Waals surface area contributed by atoms with E-state index in [0.717, 1.165) is 30.0 Å². The van der Waals surface area contributed by atoms with Crippen LogP contribution in [0.25, 0.3) is 0 Å². The molecular formula is C18H17F3N4O3S. The summed E-state index contributed by atoms with van der Waals surface area (Å²) in [6.07, 6.45) is -0.854. The van der Waals surface area contributed by atoms with Gasteiger partial charge in [0.15, 0.2) is 0 Å². The number of alkyl halides is 3. The van der Waals surface area contributed by atoms with Gasteiger partial charge < -0.3 is 9.80 Å². The van der Waals surface area contributed by atoms with Crippen LogP contribution < -0.4 is 4.90 Å². The summed E-state index contributed by atoms with van der Waals surface area (Å²) in [6.45, 7) is 1.25. The number of anilines is 1. The van der Waals surface area contributed by atoms with Gasteiger partial charge in [-0.1, -0.05) is 0 Å². The molecule has 2 heterocycles. The number of halogens is 3. The van der Waals surface area contributed by atoms with E-state index >= 15 is 0 Å². The van der Waals surface area contributed by atoms with E-state index in [2.05, 4.69) is 4.98 Å². The molecule has 0 spiro atoms. The Kier molecular flexibility index (Phi) is 4.93. The summed E-state index contributed by atoms with van der Waals surface area (Å²) in [6, 6.07) is 2.53. The Labute approximate surface area is 167 Å². The number of piperazine rings is 1. The van der Waals surface area contributed by atoms with Crippen LogP contribution in [0.3, 0.4) is 0 Å². The Bertz CT molecular complexity index is 950. The minimum atomic E-state index is -4.65. The molecule has 29 heavy (non-hydrogen) atoms. The minimum absolute atomic E-state index is 0.129. The molecule has 11 heteroatoms. The number of rotatable bonds is 4. The van der Waals surface area contributed by atoms with Gasteiger partial charge in [0.2, 0.25) is 0 Å². The molecule has 4 rings (SSSR count). The molecule has 1 amide bonds. The van der Waals surface area contributed by atoms with Gasteiger partial charge in [-0.15, -0.1) is 11.3 Å². The summed E-state index contributed by atoms with van der Waals surface area (Å²) < 4.78 is 38.6. The Balaban J connectivity index is 1.46. The highest BCUT2D eigenvalue weighted by Crippen LogP contribution is 2.42. The van der Waals surface area contributed by atoms with Crippen LogP contribution >= 0.6 is 11.3 Å². The van der Waals surface area contributed by atoms with Gasteiger partial charge in [0.25, 0.3) is 11.6 Å². The van der Waals surface area contributed by atoms with Crippen LogP contribution in [0.5, 0.6) is 0 Å². The van der Waals surface area contributed by atoms with Crippen LogP contribution in [-0.2, 0) is 6.18 Å². The number of nitro benzene ring substituents is 1. The molecule has 0 bridgehead atoms. The zero-order chi connectivity index (χ0) is 20.8. The first-order chi connectivity index (χ1) is 13.7. The number of nitro groups is 1. The zero-order valence-electron chi connectivity index (χ0n) is 15.2. The number of hydrogen-bond acceptors (Lipinski definition) is 6. The number of thiazole rings is 1. The van der Waals surface area contributed by atoms with Crippen molar-refractivity contribution in [2.45, 2.75) is 24.9 Å². The molecular weight excluding hydrogens is 409 g/mol. The summed E-state index contributed by atoms with van der Waals surface area (Å²) in [5, 5.41) is 12.3. The van der Waals surface area contributed by atoms with E-state index in [1.165, 1.54) is 11.3 Å². The lowest BCUT2D eigenvalue weighted by molar-refractivity contribution is -0.384. The number of aromatic nitrogens is 1. The second-order valence-corrected chi connectivity index (χ2v) is 8.14. The molecule has 2 aromatic rings. The molecule has 7 nitrogen and oxygen atoms in total. The highest BCUT2D eigenvalue weighted by molar-refractivity contribution is 7.13. The number of carbonyl (C=O) groups is 1. The van der Waals surface area contributed by atoms with Crippen LogP contribution in [0.4, 0.5) is 24.5 Å². The maximum absolute atomic E-state index is 12.9. The molecule has 2 aliphatic rings. The molecule has 0 radical (unpaired) electrons. The number of benzene rings is 1. The third kappa shape index (κ3) is 4.04. The molecule has 2 fully saturated rings. The molecule has 1 saturated heterocycles. The predicted molar refractivity (Wildman–Crippen MR) is 100 cm³/mol. The quantitative estimate of drug-likeness (QED) is 0.547. The van der Waals surface area contributed by atoms with E-state index in [0.29, 0.717) is 43.0 Å². The summed E-state index contributed by atoms with van der Waals surface area (Å²) in [5.41, 5.74) is -1.52. The highest BCUT2D eigenvalue weighted by atomic mass is 32.1. The van der Waals surface area contributed by atoms with Gasteiger partial charge in [-0.3, -0.25) is 14.9 Å². The maximum Gasteiger partial charge on any atom is 0.416 e. The van der Waals surface area contributed by atoms with Crippen molar-refractivity contribution in [3.8, 4) is 0 Å². The van der Waals surface area contributed by atoms with Crippen molar-refractivity contribution in [3.63, 3.8) is 0 Å². The molecule has 0 atom stereocenters. The van der Waals surface area contributed by atoms with Crippen molar-refractivity contribution in [1.82, 2.24) is 9.88 Å². The lowest BCUT2D eigenvalue weighted by Crippen LogP contribution is -2.48. The number of amides is 1. The van der Waals surface area contributed by atoms with Crippen molar-refractivity contribution in [2.75, 3.05) is 31.1 Å². The fourth-order valence-electron chi connectivity index (χ4n) is 3.33. The standard InChI is InChI=1S/C18H17F3N4O3S/c19-18(20,21)12-3-4-13(14(9-12)25(27)28)23-5-7-24(8-6-23)17(26)15-10-22-16(29-15)11-1-2-11/h3-4,9-11H,1-2,5-8H2. The first-order valence-corrected chi connectivity index (χ1v) is 9.91. The van der Waals surface area contributed by atoms with Gasteiger partial charge in [-0.05, 0) is 25.0 Å². The summed E-state index contributed by atoms with van der Waals surface area (Å²) in [4.78, 5) is 31.3. The van der Waals surface area contributed by atoms with Gasteiger partial charge in [-0.2, -0.15) is 13.2 Å². The van der Waals surface area contributed by atoms with Gasteiger partial charge in [0.1, 0.15) is 10.6 Å². The number of hydrogen-bond donors (Lipinski definition) is 0. The number of nitrogens with zero attached hydrogens (tertiary/aromatic N) is 4. The predicted octanol–water partition coefficient (Wildman–Crippen LogP) is 3.91. The molecule has 0 N–H and O–H groups in total. The third-order valence-electron chi connectivity index (χ3n) is 5.07. The molecule has 0 unspecified atom stereocenters. The lowest BCUT2D eigenvalue weighted by atomic mass is 10.1. The average molecular weight is 426 g/mol. The molecule has 1 aromatic carbocycles. The van der Waals surface area contributed by atoms with Gasteiger partial charge >= 0.3 is 6.18 Å². The van der Waals surface area contributed by atoms with E-state index in [1.807, 2.05) is 0 Å². The minimum Gasteiger partial charge on any atom is -0.362 e. The first-order valence-electron chi connectivity index (χ1n) is 9.09. The van der Waals surface area contributed by atoms with Crippen LogP contribution in [0.15, 0.2) is 24.4 Å². The zero-order valence-corrected chi connectivity index (χ0v) is 16.0. The Morgan fingerprint density at radius 3 is 2.48 bits per heavy atom. The van der Waals surface area contributed by atoms with E-state index in [-0.39, 0.29) is 11.6 Å². The van der Waals surface area contributed by atoms with E-state index in [1.54, 1.807) is 16.0 Å². The van der Waals surface area contributed by atoms with Crippen molar-refractivity contribution >= 4 is 28.6 Å². The summed E-state index contributed by atoms with van der Waals surface area (Å²) in [5.74, 6) is 0.342. The Morgan fingerprint density at radius 2 is 1.90 bits per heavy atom. The smallest absolute Gasteiger partial charge is 0.362 e.